The topological polar surface area (TPSA) is 56.7 Å². The highest BCUT2D eigenvalue weighted by atomic mass is 32.2. The van der Waals surface area contributed by atoms with Crippen molar-refractivity contribution in [1.82, 2.24) is 9.97 Å². The third kappa shape index (κ3) is 3.85. The molecule has 0 spiro atoms. The van der Waals surface area contributed by atoms with Crippen LogP contribution in [0.1, 0.15) is 23.1 Å². The van der Waals surface area contributed by atoms with Crippen LogP contribution < -0.4 is 4.90 Å². The lowest BCUT2D eigenvalue weighted by molar-refractivity contribution is -0.0898. The summed E-state index contributed by atoms with van der Waals surface area (Å²) >= 11 is 1.51. The van der Waals surface area contributed by atoms with E-state index in [0.717, 1.165) is 35.7 Å². The van der Waals surface area contributed by atoms with Gasteiger partial charge in [0, 0.05) is 24.7 Å². The molecule has 28 heavy (non-hydrogen) atoms. The number of anilines is 1. The van der Waals surface area contributed by atoms with Gasteiger partial charge in [0.2, 0.25) is 6.29 Å². The Morgan fingerprint density at radius 3 is 2.75 bits per heavy atom. The van der Waals surface area contributed by atoms with Crippen LogP contribution >= 0.6 is 11.8 Å². The normalized spacial score (nSPS) is 18.6. The van der Waals surface area contributed by atoms with Crippen molar-refractivity contribution in [3.05, 3.63) is 47.2 Å². The van der Waals surface area contributed by atoms with E-state index in [1.54, 1.807) is 0 Å². The second-order valence-electron chi connectivity index (χ2n) is 6.27. The molecule has 0 amide bonds. The number of benzene rings is 1. The van der Waals surface area contributed by atoms with Gasteiger partial charge >= 0.3 is 0 Å². The summed E-state index contributed by atoms with van der Waals surface area (Å²) in [5, 5.41) is 0.710. The minimum absolute atomic E-state index is 0.138. The molecule has 6 nitrogen and oxygen atoms in total. The predicted molar refractivity (Wildman–Crippen MR) is 110 cm³/mol. The first-order valence-electron chi connectivity index (χ1n) is 9.07. The van der Waals surface area contributed by atoms with Gasteiger partial charge in [0.1, 0.15) is 18.2 Å². The molecule has 2 aromatic rings. The van der Waals surface area contributed by atoms with Gasteiger partial charge in [0.25, 0.3) is 0 Å². The van der Waals surface area contributed by atoms with Crippen LogP contribution in [0.3, 0.4) is 0 Å². The number of fused-ring (bicyclic) bond motifs is 1. The fourth-order valence-electron chi connectivity index (χ4n) is 3.22. The number of aromatic nitrogens is 2. The molecule has 1 aromatic carbocycles. The summed E-state index contributed by atoms with van der Waals surface area (Å²) in [7, 11) is 0. The summed E-state index contributed by atoms with van der Waals surface area (Å²) in [6.45, 7) is 2.98. The van der Waals surface area contributed by atoms with Crippen LogP contribution in [0.25, 0.3) is 11.8 Å². The van der Waals surface area contributed by atoms with Crippen molar-refractivity contribution in [2.24, 2.45) is 0 Å². The molecule has 1 fully saturated rings. The molecule has 1 saturated heterocycles. The van der Waals surface area contributed by atoms with Crippen molar-refractivity contribution in [2.45, 2.75) is 11.4 Å². The number of hydrogen-bond donors (Lipinski definition) is 0. The first-order chi connectivity index (χ1) is 13.8. The molecular formula is C21H21N3O3S. The van der Waals surface area contributed by atoms with Crippen molar-refractivity contribution < 1.29 is 14.2 Å². The van der Waals surface area contributed by atoms with E-state index in [2.05, 4.69) is 10.8 Å². The maximum atomic E-state index is 6.20. The van der Waals surface area contributed by atoms with Gasteiger partial charge in [-0.05, 0) is 6.26 Å². The van der Waals surface area contributed by atoms with Crippen LogP contribution in [-0.2, 0) is 14.2 Å². The van der Waals surface area contributed by atoms with Crippen molar-refractivity contribution in [2.75, 3.05) is 44.1 Å². The quantitative estimate of drug-likeness (QED) is 0.438. The molecule has 2 aliphatic rings. The van der Waals surface area contributed by atoms with Crippen LogP contribution in [-0.4, -0.2) is 49.1 Å². The van der Waals surface area contributed by atoms with Gasteiger partial charge in [-0.25, -0.2) is 9.97 Å². The highest BCUT2D eigenvalue weighted by Gasteiger charge is 2.32. The molecule has 1 aromatic heterocycles. The molecule has 0 N–H and O–H groups in total. The van der Waals surface area contributed by atoms with Crippen LogP contribution in [0.2, 0.25) is 0 Å². The number of thioether (sulfide) groups is 1. The largest absolute Gasteiger partial charge is 0.460 e. The Kier molecular flexibility index (Phi) is 5.81. The number of nitrogens with zero attached hydrogens (tertiary/aromatic N) is 3. The highest BCUT2D eigenvalue weighted by Crippen LogP contribution is 2.40. The van der Waals surface area contributed by atoms with E-state index in [4.69, 9.17) is 30.6 Å². The third-order valence-electron chi connectivity index (χ3n) is 4.54. The molecule has 1 unspecified atom stereocenters. The number of hydrogen-bond acceptors (Lipinski definition) is 7. The summed E-state index contributed by atoms with van der Waals surface area (Å²) in [5.74, 6) is 4.05. The van der Waals surface area contributed by atoms with E-state index in [1.807, 2.05) is 42.7 Å². The standard InChI is InChI=1S/C21H21N3O3S/c1-3-11-26-20-18-16(14-17(27-20)15-7-5-4-6-8-15)22-21(28-2)23-19(18)24-9-12-25-13-10-24/h1,4-8,14,20H,9-13H2,2H3. The molecule has 4 rings (SSSR count). The second-order valence-corrected chi connectivity index (χ2v) is 7.05. The van der Waals surface area contributed by atoms with Crippen molar-refractivity contribution in [3.8, 4) is 12.3 Å². The van der Waals surface area contributed by atoms with E-state index in [0.29, 0.717) is 24.1 Å². The predicted octanol–water partition coefficient (Wildman–Crippen LogP) is 3.21. The summed E-state index contributed by atoms with van der Waals surface area (Å²) in [6.07, 6.45) is 8.69. The Morgan fingerprint density at radius 1 is 1.25 bits per heavy atom. The molecule has 0 aliphatic carbocycles. The summed E-state index contributed by atoms with van der Waals surface area (Å²) < 4.78 is 17.6. The molecule has 3 heterocycles. The first kappa shape index (κ1) is 18.8. The fourth-order valence-corrected chi connectivity index (χ4v) is 3.59. The Bertz CT molecular complexity index is 905. The first-order valence-corrected chi connectivity index (χ1v) is 10.3. The van der Waals surface area contributed by atoms with Crippen molar-refractivity contribution >= 4 is 29.4 Å². The Labute approximate surface area is 168 Å². The summed E-state index contributed by atoms with van der Waals surface area (Å²) in [5.41, 5.74) is 2.57. The minimum Gasteiger partial charge on any atom is -0.460 e. The zero-order valence-electron chi connectivity index (χ0n) is 15.6. The lowest BCUT2D eigenvalue weighted by Gasteiger charge is -2.33. The molecule has 0 radical (unpaired) electrons. The molecule has 1 atom stereocenters. The lowest BCUT2D eigenvalue weighted by atomic mass is 10.1. The zero-order valence-corrected chi connectivity index (χ0v) is 16.4. The maximum Gasteiger partial charge on any atom is 0.233 e. The fraction of sp³-hybridized carbons (Fsp3) is 0.333. The van der Waals surface area contributed by atoms with E-state index < -0.39 is 6.29 Å². The Hall–Kier alpha value is -2.53. The van der Waals surface area contributed by atoms with Crippen LogP contribution in [0.15, 0.2) is 35.5 Å². The molecule has 2 aliphatic heterocycles. The van der Waals surface area contributed by atoms with Gasteiger partial charge in [-0.2, -0.15) is 0 Å². The van der Waals surface area contributed by atoms with Crippen molar-refractivity contribution in [3.63, 3.8) is 0 Å². The van der Waals surface area contributed by atoms with Crippen molar-refractivity contribution in [1.29, 1.82) is 0 Å². The Balaban J connectivity index is 1.83. The van der Waals surface area contributed by atoms with Gasteiger partial charge in [0.05, 0.1) is 24.5 Å². The maximum absolute atomic E-state index is 6.20. The minimum atomic E-state index is -0.667. The highest BCUT2D eigenvalue weighted by molar-refractivity contribution is 7.98. The van der Waals surface area contributed by atoms with E-state index in [-0.39, 0.29) is 6.61 Å². The molecule has 144 valence electrons. The smallest absolute Gasteiger partial charge is 0.233 e. The van der Waals surface area contributed by atoms with Crippen LogP contribution in [0, 0.1) is 12.3 Å². The SMILES string of the molecule is C#CCOC1OC(c2ccccc2)=Cc2nc(SC)nc(N3CCOCC3)c21. The van der Waals surface area contributed by atoms with Gasteiger partial charge in [-0.3, -0.25) is 0 Å². The number of terminal acetylenes is 1. The van der Waals surface area contributed by atoms with E-state index in [1.165, 1.54) is 11.8 Å². The summed E-state index contributed by atoms with van der Waals surface area (Å²) in [6, 6.07) is 9.90. The number of rotatable bonds is 5. The van der Waals surface area contributed by atoms with Crippen LogP contribution in [0.4, 0.5) is 5.82 Å². The van der Waals surface area contributed by atoms with E-state index in [9.17, 15) is 0 Å². The average Bonchev–Trinajstić information content (AvgIpc) is 2.77. The van der Waals surface area contributed by atoms with Gasteiger partial charge in [-0.1, -0.05) is 48.0 Å². The molecule has 0 saturated carbocycles. The van der Waals surface area contributed by atoms with Gasteiger partial charge in [-0.15, -0.1) is 6.42 Å². The lowest BCUT2D eigenvalue weighted by Crippen LogP contribution is -2.38. The molecule has 0 bridgehead atoms. The van der Waals surface area contributed by atoms with Crippen LogP contribution in [0.5, 0.6) is 0 Å². The average molecular weight is 395 g/mol. The monoisotopic (exact) mass is 395 g/mol. The van der Waals surface area contributed by atoms with E-state index >= 15 is 0 Å². The molecular weight excluding hydrogens is 374 g/mol. The second kappa shape index (κ2) is 8.65. The van der Waals surface area contributed by atoms with Gasteiger partial charge in [0.15, 0.2) is 5.16 Å². The Morgan fingerprint density at radius 2 is 2.04 bits per heavy atom. The van der Waals surface area contributed by atoms with Gasteiger partial charge < -0.3 is 19.1 Å². The zero-order chi connectivity index (χ0) is 19.3. The number of ether oxygens (including phenoxy) is 3. The summed E-state index contributed by atoms with van der Waals surface area (Å²) in [4.78, 5) is 11.7. The third-order valence-corrected chi connectivity index (χ3v) is 5.09. The molecule has 7 heteroatoms. The number of morpholine rings is 1.